The Labute approximate surface area is 158 Å². The largest absolute Gasteiger partial charge is 0.481 e. The summed E-state index contributed by atoms with van der Waals surface area (Å²) in [4.78, 5) is 21.5. The van der Waals surface area contributed by atoms with Crippen molar-refractivity contribution >= 4 is 17.3 Å². The minimum absolute atomic E-state index is 0.0936. The summed E-state index contributed by atoms with van der Waals surface area (Å²) in [5.74, 6) is -0.616. The number of likely N-dealkylation sites (N-methyl/N-ethyl adjacent to an activating group) is 1. The van der Waals surface area contributed by atoms with Crippen LogP contribution in [0.1, 0.15) is 24.3 Å². The number of benzene rings is 1. The normalized spacial score (nSPS) is 27.2. The van der Waals surface area contributed by atoms with E-state index in [4.69, 9.17) is 4.98 Å². The van der Waals surface area contributed by atoms with Crippen LogP contribution in [0.4, 0.5) is 0 Å². The van der Waals surface area contributed by atoms with E-state index in [0.29, 0.717) is 0 Å². The summed E-state index contributed by atoms with van der Waals surface area (Å²) in [7, 11) is 2.07. The van der Waals surface area contributed by atoms with Gasteiger partial charge >= 0.3 is 5.97 Å². The summed E-state index contributed by atoms with van der Waals surface area (Å²) in [6.07, 6.45) is 2.51. The Morgan fingerprint density at radius 1 is 1.31 bits per heavy atom. The van der Waals surface area contributed by atoms with Crippen LogP contribution >= 0.6 is 11.3 Å². The van der Waals surface area contributed by atoms with E-state index in [0.717, 1.165) is 61.7 Å². The average Bonchev–Trinajstić information content (AvgIpc) is 3.11. The lowest BCUT2D eigenvalue weighted by Gasteiger charge is -2.51. The number of hydrogen-bond acceptors (Lipinski definition) is 5. The molecular weight excluding hydrogens is 346 g/mol. The van der Waals surface area contributed by atoms with Gasteiger partial charge in [-0.15, -0.1) is 11.3 Å². The Kier molecular flexibility index (Phi) is 4.82. The summed E-state index contributed by atoms with van der Waals surface area (Å²) < 4.78 is 0. The van der Waals surface area contributed by atoms with Gasteiger partial charge in [-0.3, -0.25) is 9.69 Å². The van der Waals surface area contributed by atoms with Crippen molar-refractivity contribution in [1.82, 2.24) is 14.8 Å². The Balaban J connectivity index is 1.47. The van der Waals surface area contributed by atoms with Crippen LogP contribution in [0.5, 0.6) is 0 Å². The second-order valence-electron chi connectivity index (χ2n) is 7.54. The number of carbonyl (C=O) groups is 1. The van der Waals surface area contributed by atoms with E-state index >= 15 is 0 Å². The third-order valence-corrected chi connectivity index (χ3v) is 6.85. The highest BCUT2D eigenvalue weighted by atomic mass is 32.1. The number of fused-ring (bicyclic) bond motifs is 1. The Morgan fingerprint density at radius 3 is 2.88 bits per heavy atom. The van der Waals surface area contributed by atoms with E-state index < -0.39 is 11.4 Å². The van der Waals surface area contributed by atoms with E-state index in [-0.39, 0.29) is 6.04 Å². The standard InChI is InChI=1S/C20H25N3O2S/c1-22-10-5-8-20(19(24)25)9-11-23(12-17(20)22)13-18-21-16(14-26-18)15-6-3-2-4-7-15/h2-4,6-7,14,17H,5,8-13H2,1H3,(H,24,25)/t17-,20-/m0/s1. The first-order chi connectivity index (χ1) is 12.6. The van der Waals surface area contributed by atoms with Crippen molar-refractivity contribution in [3.05, 3.63) is 40.7 Å². The van der Waals surface area contributed by atoms with Crippen molar-refractivity contribution in [2.24, 2.45) is 5.41 Å². The molecule has 2 saturated heterocycles. The maximum Gasteiger partial charge on any atom is 0.311 e. The van der Waals surface area contributed by atoms with Crippen molar-refractivity contribution in [2.45, 2.75) is 31.8 Å². The molecule has 0 aliphatic carbocycles. The number of nitrogens with zero attached hydrogens (tertiary/aromatic N) is 3. The predicted molar refractivity (Wildman–Crippen MR) is 103 cm³/mol. The topological polar surface area (TPSA) is 56.7 Å². The molecule has 2 aromatic rings. The monoisotopic (exact) mass is 371 g/mol. The van der Waals surface area contributed by atoms with Gasteiger partial charge in [-0.05, 0) is 39.4 Å². The van der Waals surface area contributed by atoms with Gasteiger partial charge in [0.05, 0.1) is 17.7 Å². The fourth-order valence-corrected chi connectivity index (χ4v) is 5.35. The second-order valence-corrected chi connectivity index (χ2v) is 8.48. The highest BCUT2D eigenvalue weighted by molar-refractivity contribution is 7.09. The molecule has 1 aromatic carbocycles. The number of rotatable bonds is 4. The molecule has 5 nitrogen and oxygen atoms in total. The molecule has 0 bridgehead atoms. The molecule has 0 unspecified atom stereocenters. The molecule has 6 heteroatoms. The number of aromatic nitrogens is 1. The number of thiazole rings is 1. The summed E-state index contributed by atoms with van der Waals surface area (Å²) in [6.45, 7) is 3.43. The fraction of sp³-hybridized carbons (Fsp3) is 0.500. The number of carboxylic acid groups (broad SMARTS) is 1. The Bertz CT molecular complexity index is 778. The molecule has 2 aliphatic rings. The SMILES string of the molecule is CN1CCC[C@]2(C(=O)O)CCN(Cc3nc(-c4ccccc4)cs3)C[C@H]12. The van der Waals surface area contributed by atoms with Crippen LogP contribution in [0.25, 0.3) is 11.3 Å². The molecule has 26 heavy (non-hydrogen) atoms. The predicted octanol–water partition coefficient (Wildman–Crippen LogP) is 3.18. The van der Waals surface area contributed by atoms with Crippen LogP contribution in [-0.4, -0.2) is 58.6 Å². The van der Waals surface area contributed by atoms with Crippen molar-refractivity contribution < 1.29 is 9.90 Å². The number of hydrogen-bond donors (Lipinski definition) is 1. The van der Waals surface area contributed by atoms with Crippen LogP contribution in [0.3, 0.4) is 0 Å². The first-order valence-corrected chi connectivity index (χ1v) is 10.1. The molecule has 0 radical (unpaired) electrons. The lowest BCUT2D eigenvalue weighted by Crippen LogP contribution is -2.62. The molecule has 0 saturated carbocycles. The van der Waals surface area contributed by atoms with Gasteiger partial charge < -0.3 is 10.0 Å². The lowest BCUT2D eigenvalue weighted by atomic mass is 9.68. The number of piperidine rings is 2. The maximum atomic E-state index is 12.0. The van der Waals surface area contributed by atoms with E-state index in [1.54, 1.807) is 11.3 Å². The van der Waals surface area contributed by atoms with Gasteiger partial charge in [-0.1, -0.05) is 30.3 Å². The average molecular weight is 372 g/mol. The first-order valence-electron chi connectivity index (χ1n) is 9.24. The van der Waals surface area contributed by atoms with Gasteiger partial charge in [-0.25, -0.2) is 4.98 Å². The highest BCUT2D eigenvalue weighted by Crippen LogP contribution is 2.42. The molecule has 0 spiro atoms. The molecule has 2 aliphatic heterocycles. The highest BCUT2D eigenvalue weighted by Gasteiger charge is 2.52. The van der Waals surface area contributed by atoms with Crippen molar-refractivity contribution in [3.63, 3.8) is 0 Å². The molecule has 138 valence electrons. The van der Waals surface area contributed by atoms with E-state index in [1.807, 2.05) is 18.2 Å². The number of likely N-dealkylation sites (tertiary alicyclic amines) is 2. The first kappa shape index (κ1) is 17.6. The molecular formula is C20H25N3O2S. The smallest absolute Gasteiger partial charge is 0.311 e. The quantitative estimate of drug-likeness (QED) is 0.895. The second kappa shape index (κ2) is 7.10. The minimum atomic E-state index is -0.616. The minimum Gasteiger partial charge on any atom is -0.481 e. The van der Waals surface area contributed by atoms with E-state index in [9.17, 15) is 9.90 Å². The van der Waals surface area contributed by atoms with Crippen molar-refractivity contribution in [3.8, 4) is 11.3 Å². The molecule has 3 heterocycles. The zero-order chi connectivity index (χ0) is 18.1. The van der Waals surface area contributed by atoms with Gasteiger partial charge in [0.1, 0.15) is 5.01 Å². The molecule has 2 atom stereocenters. The van der Waals surface area contributed by atoms with Crippen LogP contribution in [0, 0.1) is 5.41 Å². The molecule has 2 fully saturated rings. The fourth-order valence-electron chi connectivity index (χ4n) is 4.50. The maximum absolute atomic E-state index is 12.0. The Hall–Kier alpha value is -1.76. The van der Waals surface area contributed by atoms with E-state index in [1.165, 1.54) is 0 Å². The zero-order valence-corrected chi connectivity index (χ0v) is 15.9. The third kappa shape index (κ3) is 3.17. The third-order valence-electron chi connectivity index (χ3n) is 6.02. The van der Waals surface area contributed by atoms with Gasteiger partial charge in [-0.2, -0.15) is 0 Å². The molecule has 0 amide bonds. The van der Waals surface area contributed by atoms with E-state index in [2.05, 4.69) is 34.4 Å². The lowest BCUT2D eigenvalue weighted by molar-refractivity contribution is -0.162. The van der Waals surface area contributed by atoms with Crippen LogP contribution in [0.2, 0.25) is 0 Å². The van der Waals surface area contributed by atoms with Crippen molar-refractivity contribution in [2.75, 3.05) is 26.7 Å². The van der Waals surface area contributed by atoms with Crippen molar-refractivity contribution in [1.29, 1.82) is 0 Å². The number of carboxylic acids is 1. The van der Waals surface area contributed by atoms with Crippen LogP contribution in [0.15, 0.2) is 35.7 Å². The van der Waals surface area contributed by atoms with Gasteiger partial charge in [0.25, 0.3) is 0 Å². The molecule has 1 N–H and O–H groups in total. The molecule has 4 rings (SSSR count). The molecule has 1 aromatic heterocycles. The van der Waals surface area contributed by atoms with Crippen LogP contribution < -0.4 is 0 Å². The summed E-state index contributed by atoms with van der Waals surface area (Å²) in [5.41, 5.74) is 1.60. The van der Waals surface area contributed by atoms with Crippen LogP contribution in [-0.2, 0) is 11.3 Å². The van der Waals surface area contributed by atoms with Gasteiger partial charge in [0.2, 0.25) is 0 Å². The zero-order valence-electron chi connectivity index (χ0n) is 15.1. The summed E-state index contributed by atoms with van der Waals surface area (Å²) >= 11 is 1.69. The summed E-state index contributed by atoms with van der Waals surface area (Å²) in [6, 6.07) is 10.3. The Morgan fingerprint density at radius 2 is 2.12 bits per heavy atom. The summed E-state index contributed by atoms with van der Waals surface area (Å²) in [5, 5.41) is 13.1. The van der Waals surface area contributed by atoms with Gasteiger partial charge in [0.15, 0.2) is 0 Å². The number of aliphatic carboxylic acids is 1. The van der Waals surface area contributed by atoms with Gasteiger partial charge in [0, 0.05) is 23.5 Å².